The lowest BCUT2D eigenvalue weighted by Crippen LogP contribution is -2.52. The van der Waals surface area contributed by atoms with Crippen LogP contribution < -0.4 is 5.32 Å². The number of likely N-dealkylation sites (N-methyl/N-ethyl adjacent to an activating group) is 1. The standard InChI is InChI=1S/C48H90N2O5/c1-5-7-9-11-13-15-17-19-21-23-24-26-28-30-32-34-36-38-45(52)39-40-46(49-47(53)44-50(3,4)41-42-51)48(54)55-43-37-35-33-31-29-27-25-22-20-18-16-14-12-10-8-6-2/h19,21-22,25,46,51H,5-18,20,23-24,26-44H2,1-4H3/p+1/b21-19+,25-22+. The number of carbonyl (C=O) groups excluding carboxylic acids is 3. The molecule has 1 atom stereocenters. The fourth-order valence-electron chi connectivity index (χ4n) is 7.03. The molecule has 1 amide bonds. The predicted octanol–water partition coefficient (Wildman–Crippen LogP) is 12.3. The molecule has 0 spiro atoms. The number of hydrogen-bond acceptors (Lipinski definition) is 5. The highest BCUT2D eigenvalue weighted by atomic mass is 16.5. The van der Waals surface area contributed by atoms with Gasteiger partial charge in [0, 0.05) is 12.8 Å². The molecule has 0 aromatic heterocycles. The van der Waals surface area contributed by atoms with Crippen LogP contribution in [0, 0.1) is 0 Å². The van der Waals surface area contributed by atoms with Gasteiger partial charge in [-0.05, 0) is 70.6 Å². The zero-order valence-corrected chi connectivity index (χ0v) is 36.9. The number of Topliss-reactive ketones (excluding diaryl/α,β-unsaturated/α-hetero) is 1. The van der Waals surface area contributed by atoms with Crippen LogP contribution in [0.15, 0.2) is 24.3 Å². The number of rotatable bonds is 42. The first-order valence-corrected chi connectivity index (χ1v) is 23.5. The van der Waals surface area contributed by atoms with Gasteiger partial charge in [-0.3, -0.25) is 9.59 Å². The van der Waals surface area contributed by atoms with Crippen LogP contribution in [0.4, 0.5) is 0 Å². The van der Waals surface area contributed by atoms with E-state index in [9.17, 15) is 19.5 Å². The number of aliphatic hydroxyl groups is 1. The van der Waals surface area contributed by atoms with Crippen LogP contribution in [0.25, 0.3) is 0 Å². The van der Waals surface area contributed by atoms with E-state index in [1.54, 1.807) is 0 Å². The Bertz CT molecular complexity index is 947. The molecule has 0 aromatic rings. The highest BCUT2D eigenvalue weighted by molar-refractivity contribution is 5.86. The molecule has 0 aliphatic heterocycles. The molecule has 0 bridgehead atoms. The van der Waals surface area contributed by atoms with Crippen LogP contribution in [0.3, 0.4) is 0 Å². The number of hydrogen-bond donors (Lipinski definition) is 2. The first-order chi connectivity index (χ1) is 26.8. The number of esters is 1. The van der Waals surface area contributed by atoms with E-state index in [4.69, 9.17) is 4.74 Å². The lowest BCUT2D eigenvalue weighted by atomic mass is 10.0. The lowest BCUT2D eigenvalue weighted by Gasteiger charge is -2.28. The Labute approximate surface area is 340 Å². The quantitative estimate of drug-likeness (QED) is 0.0279. The van der Waals surface area contributed by atoms with Crippen molar-refractivity contribution >= 4 is 17.7 Å². The number of nitrogens with one attached hydrogen (secondary N) is 1. The zero-order valence-electron chi connectivity index (χ0n) is 36.9. The van der Waals surface area contributed by atoms with Crippen molar-refractivity contribution in [3.63, 3.8) is 0 Å². The Balaban J connectivity index is 4.24. The summed E-state index contributed by atoms with van der Waals surface area (Å²) in [6.07, 6.45) is 46.3. The van der Waals surface area contributed by atoms with E-state index in [1.165, 1.54) is 141 Å². The van der Waals surface area contributed by atoms with E-state index in [0.29, 0.717) is 24.1 Å². The van der Waals surface area contributed by atoms with Crippen molar-refractivity contribution in [1.29, 1.82) is 0 Å². The Morgan fingerprint density at radius 1 is 0.564 bits per heavy atom. The van der Waals surface area contributed by atoms with Crippen molar-refractivity contribution in [2.45, 2.75) is 225 Å². The summed E-state index contributed by atoms with van der Waals surface area (Å²) >= 11 is 0. The van der Waals surface area contributed by atoms with Crippen LogP contribution in [0.5, 0.6) is 0 Å². The van der Waals surface area contributed by atoms with Gasteiger partial charge in [0.15, 0.2) is 6.54 Å². The molecule has 0 radical (unpaired) electrons. The topological polar surface area (TPSA) is 92.7 Å². The van der Waals surface area contributed by atoms with Gasteiger partial charge < -0.3 is 19.6 Å². The summed E-state index contributed by atoms with van der Waals surface area (Å²) in [6, 6.07) is -0.830. The molecule has 0 aliphatic rings. The van der Waals surface area contributed by atoms with Crippen molar-refractivity contribution in [2.75, 3.05) is 40.4 Å². The van der Waals surface area contributed by atoms with E-state index in [1.807, 2.05) is 14.1 Å². The number of amides is 1. The van der Waals surface area contributed by atoms with Crippen LogP contribution in [-0.4, -0.2) is 73.7 Å². The highest BCUT2D eigenvalue weighted by Gasteiger charge is 2.27. The number of aliphatic hydroxyl groups excluding tert-OH is 1. The number of carbonyl (C=O) groups is 3. The minimum Gasteiger partial charge on any atom is -0.464 e. The fourth-order valence-corrected chi connectivity index (χ4v) is 7.03. The van der Waals surface area contributed by atoms with Crippen molar-refractivity contribution in [2.24, 2.45) is 0 Å². The number of ketones is 1. The van der Waals surface area contributed by atoms with Gasteiger partial charge in [0.1, 0.15) is 18.4 Å². The van der Waals surface area contributed by atoms with Gasteiger partial charge in [-0.2, -0.15) is 0 Å². The van der Waals surface area contributed by atoms with Gasteiger partial charge in [-0.25, -0.2) is 4.79 Å². The van der Waals surface area contributed by atoms with E-state index >= 15 is 0 Å². The SMILES string of the molecule is CCCCCCCC/C=C/CCCCCCCCCC(=O)CCC(NC(=O)C[N+](C)(C)CCO)C(=O)OCCCCCCC/C=C/CCCCCCCCC. The molecule has 0 saturated carbocycles. The van der Waals surface area contributed by atoms with Gasteiger partial charge in [-0.1, -0.05) is 160 Å². The second-order valence-electron chi connectivity index (χ2n) is 16.9. The fraction of sp³-hybridized carbons (Fsp3) is 0.854. The first-order valence-electron chi connectivity index (χ1n) is 23.5. The number of allylic oxidation sites excluding steroid dienone is 4. The molecular formula is C48H91N2O5+. The van der Waals surface area contributed by atoms with E-state index in [2.05, 4.69) is 43.5 Å². The number of quaternary nitrogens is 1. The van der Waals surface area contributed by atoms with Gasteiger partial charge in [-0.15, -0.1) is 0 Å². The van der Waals surface area contributed by atoms with E-state index in [-0.39, 0.29) is 37.7 Å². The summed E-state index contributed by atoms with van der Waals surface area (Å²) in [5.74, 6) is -0.578. The molecule has 0 heterocycles. The van der Waals surface area contributed by atoms with Crippen molar-refractivity contribution in [3.05, 3.63) is 24.3 Å². The second-order valence-corrected chi connectivity index (χ2v) is 16.9. The van der Waals surface area contributed by atoms with Gasteiger partial charge >= 0.3 is 5.97 Å². The van der Waals surface area contributed by atoms with Gasteiger partial charge in [0.05, 0.1) is 27.3 Å². The minimum atomic E-state index is -0.830. The summed E-state index contributed by atoms with van der Waals surface area (Å²) in [6.45, 7) is 5.42. The van der Waals surface area contributed by atoms with Gasteiger partial charge in [0.2, 0.25) is 0 Å². The summed E-state index contributed by atoms with van der Waals surface area (Å²) in [4.78, 5) is 38.7. The van der Waals surface area contributed by atoms with Gasteiger partial charge in [0.25, 0.3) is 5.91 Å². The average Bonchev–Trinajstić information content (AvgIpc) is 3.15. The molecule has 322 valence electrons. The van der Waals surface area contributed by atoms with Crippen LogP contribution >= 0.6 is 0 Å². The molecular weight excluding hydrogens is 685 g/mol. The Morgan fingerprint density at radius 3 is 1.40 bits per heavy atom. The highest BCUT2D eigenvalue weighted by Crippen LogP contribution is 2.14. The molecule has 7 nitrogen and oxygen atoms in total. The Morgan fingerprint density at radius 2 is 0.964 bits per heavy atom. The normalized spacial score (nSPS) is 12.5. The largest absolute Gasteiger partial charge is 0.464 e. The third-order valence-electron chi connectivity index (χ3n) is 10.7. The summed E-state index contributed by atoms with van der Waals surface area (Å²) in [5.41, 5.74) is 0. The van der Waals surface area contributed by atoms with Crippen LogP contribution in [-0.2, 0) is 19.1 Å². The van der Waals surface area contributed by atoms with Crippen molar-refractivity contribution in [3.8, 4) is 0 Å². The number of ether oxygens (including phenoxy) is 1. The molecule has 0 fully saturated rings. The average molecular weight is 776 g/mol. The first kappa shape index (κ1) is 53.0. The van der Waals surface area contributed by atoms with Crippen molar-refractivity contribution < 1.29 is 28.7 Å². The molecule has 7 heteroatoms. The van der Waals surface area contributed by atoms with Crippen molar-refractivity contribution in [1.82, 2.24) is 5.32 Å². The molecule has 0 aromatic carbocycles. The molecule has 0 rings (SSSR count). The molecule has 2 N–H and O–H groups in total. The summed E-state index contributed by atoms with van der Waals surface area (Å²) in [5, 5.41) is 12.2. The molecule has 0 aliphatic carbocycles. The summed E-state index contributed by atoms with van der Waals surface area (Å²) < 4.78 is 5.92. The third kappa shape index (κ3) is 38.7. The monoisotopic (exact) mass is 776 g/mol. The maximum Gasteiger partial charge on any atom is 0.328 e. The molecule has 55 heavy (non-hydrogen) atoms. The molecule has 0 saturated heterocycles. The third-order valence-corrected chi connectivity index (χ3v) is 10.7. The maximum atomic E-state index is 13.1. The molecule has 1 unspecified atom stereocenters. The Kier molecular flexibility index (Phi) is 38.8. The summed E-state index contributed by atoms with van der Waals surface area (Å²) in [7, 11) is 3.74. The Hall–Kier alpha value is -1.99. The zero-order chi connectivity index (χ0) is 40.5. The second kappa shape index (κ2) is 40.2. The smallest absolute Gasteiger partial charge is 0.328 e. The maximum absolute atomic E-state index is 13.1. The van der Waals surface area contributed by atoms with Crippen LogP contribution in [0.1, 0.15) is 219 Å². The minimum absolute atomic E-state index is 0.0206. The van der Waals surface area contributed by atoms with Crippen LogP contribution in [0.2, 0.25) is 0 Å². The number of unbranched alkanes of at least 4 members (excludes halogenated alkanes) is 25. The van der Waals surface area contributed by atoms with E-state index < -0.39 is 12.0 Å². The number of nitrogens with zero attached hydrogens (tertiary/aromatic N) is 1. The van der Waals surface area contributed by atoms with E-state index in [0.717, 1.165) is 44.9 Å². The lowest BCUT2D eigenvalue weighted by molar-refractivity contribution is -0.882. The predicted molar refractivity (Wildman–Crippen MR) is 234 cm³/mol.